The Morgan fingerprint density at radius 1 is 1.04 bits per heavy atom. The fourth-order valence-electron chi connectivity index (χ4n) is 4.17. The van der Waals surface area contributed by atoms with Crippen LogP contribution in [0.1, 0.15) is 18.4 Å². The largest absolute Gasteiger partial charge is 0.447 e. The molecule has 0 radical (unpaired) electrons. The van der Waals surface area contributed by atoms with Gasteiger partial charge in [-0.1, -0.05) is 12.1 Å². The smallest absolute Gasteiger partial charge is 0.414 e. The molecule has 5 nitrogen and oxygen atoms in total. The summed E-state index contributed by atoms with van der Waals surface area (Å²) in [7, 11) is 0. The summed E-state index contributed by atoms with van der Waals surface area (Å²) in [6.45, 7) is 3.18. The fraction of sp³-hybridized carbons (Fsp3) is 0.409. The molecule has 28 heavy (non-hydrogen) atoms. The molecule has 6 heteroatoms. The first-order chi connectivity index (χ1) is 13.6. The summed E-state index contributed by atoms with van der Waals surface area (Å²) in [4.78, 5) is 16.2. The number of benzene rings is 2. The van der Waals surface area contributed by atoms with Crippen molar-refractivity contribution in [1.82, 2.24) is 4.90 Å². The maximum atomic E-state index is 13.2. The monoisotopic (exact) mass is 383 g/mol. The molecular formula is C22H26FN3O2. The minimum absolute atomic E-state index is 0.0355. The van der Waals surface area contributed by atoms with Crippen molar-refractivity contribution in [1.29, 1.82) is 0 Å². The third-order valence-electron chi connectivity index (χ3n) is 5.75. The van der Waals surface area contributed by atoms with E-state index in [0.717, 1.165) is 44.6 Å². The Morgan fingerprint density at radius 3 is 2.39 bits per heavy atom. The van der Waals surface area contributed by atoms with Gasteiger partial charge in [-0.25, -0.2) is 9.18 Å². The zero-order chi connectivity index (χ0) is 19.5. The number of nitrogens with two attached hydrogens (primary N) is 1. The summed E-state index contributed by atoms with van der Waals surface area (Å²) < 4.78 is 18.5. The van der Waals surface area contributed by atoms with E-state index in [4.69, 9.17) is 10.5 Å². The van der Waals surface area contributed by atoms with Gasteiger partial charge in [-0.3, -0.25) is 4.90 Å². The molecule has 148 valence electrons. The number of likely N-dealkylation sites (tertiary alicyclic amines) is 1. The van der Waals surface area contributed by atoms with Gasteiger partial charge in [-0.15, -0.1) is 0 Å². The molecule has 2 aromatic carbocycles. The normalized spacial score (nSPS) is 21.1. The van der Waals surface area contributed by atoms with Crippen molar-refractivity contribution in [3.8, 4) is 0 Å². The van der Waals surface area contributed by atoms with Crippen molar-refractivity contribution in [2.24, 2.45) is 5.92 Å². The molecule has 0 saturated carbocycles. The standard InChI is InChI=1S/C22H26FN3O2/c23-18-3-7-20(8-4-18)26-21(15-28-22(26)27)14-25-11-9-17(10-12-25)13-16-1-5-19(24)6-2-16/h1-8,17,21H,9-15,24H2. The van der Waals surface area contributed by atoms with Crippen LogP contribution in [-0.4, -0.2) is 43.3 Å². The molecule has 1 unspecified atom stereocenters. The lowest BCUT2D eigenvalue weighted by molar-refractivity contribution is 0.160. The summed E-state index contributed by atoms with van der Waals surface area (Å²) in [5, 5.41) is 0. The highest BCUT2D eigenvalue weighted by molar-refractivity contribution is 5.90. The molecule has 0 spiro atoms. The van der Waals surface area contributed by atoms with Crippen molar-refractivity contribution >= 4 is 17.5 Å². The van der Waals surface area contributed by atoms with Crippen molar-refractivity contribution < 1.29 is 13.9 Å². The number of halogens is 1. The molecule has 2 aliphatic heterocycles. The van der Waals surface area contributed by atoms with Crippen LogP contribution in [0.15, 0.2) is 48.5 Å². The van der Waals surface area contributed by atoms with Gasteiger partial charge in [0.15, 0.2) is 0 Å². The van der Waals surface area contributed by atoms with Crippen LogP contribution in [-0.2, 0) is 11.2 Å². The molecule has 1 amide bonds. The van der Waals surface area contributed by atoms with Crippen LogP contribution >= 0.6 is 0 Å². The fourth-order valence-corrected chi connectivity index (χ4v) is 4.17. The molecule has 2 aromatic rings. The minimum Gasteiger partial charge on any atom is -0.447 e. The van der Waals surface area contributed by atoms with E-state index in [1.165, 1.54) is 17.7 Å². The molecule has 2 fully saturated rings. The number of carbonyl (C=O) groups is 1. The third-order valence-corrected chi connectivity index (χ3v) is 5.75. The van der Waals surface area contributed by atoms with Crippen LogP contribution in [0, 0.1) is 11.7 Å². The molecule has 0 bridgehead atoms. The predicted octanol–water partition coefficient (Wildman–Crippen LogP) is 3.69. The van der Waals surface area contributed by atoms with Crippen LogP contribution in [0.25, 0.3) is 0 Å². The second kappa shape index (κ2) is 8.19. The minimum atomic E-state index is -0.352. The summed E-state index contributed by atoms with van der Waals surface area (Å²) >= 11 is 0. The number of carbonyl (C=O) groups excluding carboxylic acids is 1. The second-order valence-corrected chi connectivity index (χ2v) is 7.77. The maximum Gasteiger partial charge on any atom is 0.414 e. The molecular weight excluding hydrogens is 357 g/mol. The van der Waals surface area contributed by atoms with Gasteiger partial charge in [-0.2, -0.15) is 0 Å². The molecule has 0 aliphatic carbocycles. The molecule has 2 N–H and O–H groups in total. The molecule has 2 heterocycles. The van der Waals surface area contributed by atoms with Crippen LogP contribution in [0.4, 0.5) is 20.6 Å². The Labute approximate surface area is 164 Å². The lowest BCUT2D eigenvalue weighted by Gasteiger charge is -2.34. The Morgan fingerprint density at radius 2 is 1.71 bits per heavy atom. The third kappa shape index (κ3) is 4.28. The van der Waals surface area contributed by atoms with E-state index in [1.807, 2.05) is 12.1 Å². The van der Waals surface area contributed by atoms with Gasteiger partial charge >= 0.3 is 6.09 Å². The lowest BCUT2D eigenvalue weighted by Crippen LogP contribution is -2.45. The number of hydrogen-bond acceptors (Lipinski definition) is 4. The molecule has 2 aliphatic rings. The predicted molar refractivity (Wildman–Crippen MR) is 108 cm³/mol. The zero-order valence-electron chi connectivity index (χ0n) is 15.9. The van der Waals surface area contributed by atoms with E-state index in [2.05, 4.69) is 17.0 Å². The Bertz CT molecular complexity index is 802. The van der Waals surface area contributed by atoms with Crippen LogP contribution in [0.2, 0.25) is 0 Å². The number of nitrogen functional groups attached to an aromatic ring is 1. The number of ether oxygens (including phenoxy) is 1. The van der Waals surface area contributed by atoms with Crippen molar-refractivity contribution in [3.05, 3.63) is 59.9 Å². The molecule has 4 rings (SSSR count). The first kappa shape index (κ1) is 18.7. The van der Waals surface area contributed by atoms with E-state index >= 15 is 0 Å². The molecule has 2 saturated heterocycles. The number of rotatable bonds is 5. The van der Waals surface area contributed by atoms with E-state index in [0.29, 0.717) is 18.2 Å². The van der Waals surface area contributed by atoms with Crippen molar-refractivity contribution in [3.63, 3.8) is 0 Å². The lowest BCUT2D eigenvalue weighted by atomic mass is 9.90. The summed E-state index contributed by atoms with van der Waals surface area (Å²) in [5.41, 5.74) is 8.59. The van der Waals surface area contributed by atoms with Crippen molar-refractivity contribution in [2.75, 3.05) is 36.9 Å². The van der Waals surface area contributed by atoms with E-state index in [9.17, 15) is 9.18 Å². The highest BCUT2D eigenvalue weighted by Gasteiger charge is 2.36. The number of nitrogens with zero attached hydrogens (tertiary/aromatic N) is 2. The number of hydrogen-bond donors (Lipinski definition) is 1. The van der Waals surface area contributed by atoms with Gasteiger partial charge in [0, 0.05) is 17.9 Å². The number of cyclic esters (lactones) is 1. The van der Waals surface area contributed by atoms with Gasteiger partial charge in [0.25, 0.3) is 0 Å². The second-order valence-electron chi connectivity index (χ2n) is 7.77. The SMILES string of the molecule is Nc1ccc(CC2CCN(CC3COC(=O)N3c3ccc(F)cc3)CC2)cc1. The zero-order valence-corrected chi connectivity index (χ0v) is 15.9. The quantitative estimate of drug-likeness (QED) is 0.800. The summed E-state index contributed by atoms with van der Waals surface area (Å²) in [6.07, 6.45) is 3.01. The Kier molecular flexibility index (Phi) is 5.48. The number of piperidine rings is 1. The average Bonchev–Trinajstić information content (AvgIpc) is 3.06. The van der Waals surface area contributed by atoms with Gasteiger partial charge in [0.1, 0.15) is 12.4 Å². The summed E-state index contributed by atoms with van der Waals surface area (Å²) in [5.74, 6) is 0.366. The average molecular weight is 383 g/mol. The summed E-state index contributed by atoms with van der Waals surface area (Å²) in [6, 6.07) is 14.1. The molecule has 0 aromatic heterocycles. The highest BCUT2D eigenvalue weighted by atomic mass is 19.1. The first-order valence-electron chi connectivity index (χ1n) is 9.87. The topological polar surface area (TPSA) is 58.8 Å². The Balaban J connectivity index is 1.31. The van der Waals surface area contributed by atoms with Gasteiger partial charge in [0.05, 0.1) is 6.04 Å². The highest BCUT2D eigenvalue weighted by Crippen LogP contribution is 2.26. The van der Waals surface area contributed by atoms with Gasteiger partial charge in [-0.05, 0) is 80.2 Å². The van der Waals surface area contributed by atoms with Crippen LogP contribution < -0.4 is 10.6 Å². The first-order valence-corrected chi connectivity index (χ1v) is 9.87. The molecule has 1 atom stereocenters. The van der Waals surface area contributed by atoms with Crippen molar-refractivity contribution in [2.45, 2.75) is 25.3 Å². The van der Waals surface area contributed by atoms with Crippen LogP contribution in [0.3, 0.4) is 0 Å². The Hall–Kier alpha value is -2.60. The van der Waals surface area contributed by atoms with E-state index < -0.39 is 0 Å². The van der Waals surface area contributed by atoms with Gasteiger partial charge < -0.3 is 15.4 Å². The van der Waals surface area contributed by atoms with Gasteiger partial charge in [0.2, 0.25) is 0 Å². The maximum absolute atomic E-state index is 13.2. The van der Waals surface area contributed by atoms with E-state index in [-0.39, 0.29) is 18.0 Å². The van der Waals surface area contributed by atoms with E-state index in [1.54, 1.807) is 17.0 Å². The number of amides is 1. The van der Waals surface area contributed by atoms with Crippen LogP contribution in [0.5, 0.6) is 0 Å². The number of anilines is 2.